The van der Waals surface area contributed by atoms with Crippen LogP contribution in [-0.4, -0.2) is 60.6 Å². The Morgan fingerprint density at radius 3 is 2.68 bits per heavy atom. The first-order valence-corrected chi connectivity index (χ1v) is 9.65. The normalized spacial score (nSPS) is 26.9. The van der Waals surface area contributed by atoms with Gasteiger partial charge in [-0.1, -0.05) is 0 Å². The first kappa shape index (κ1) is 16.7. The standard InChI is InChI=1S/C20H29N3O2/c1-14-11-16(13-23(14)17-6-7-17)21-18-12-15(5-8-19(18)25-2)20(24)22-9-3-4-10-22/h5,8,12,14,16-17,21H,3-4,6-7,9-11,13H2,1-2H3/t14-,16-/m1/s1. The first-order valence-electron chi connectivity index (χ1n) is 9.65. The Bertz CT molecular complexity index is 638. The topological polar surface area (TPSA) is 44.8 Å². The third kappa shape index (κ3) is 3.47. The highest BCUT2D eigenvalue weighted by Gasteiger charge is 2.38. The maximum absolute atomic E-state index is 12.7. The Kier molecular flexibility index (Phi) is 4.59. The summed E-state index contributed by atoms with van der Waals surface area (Å²) in [5.74, 6) is 0.957. The van der Waals surface area contributed by atoms with Gasteiger partial charge in [-0.25, -0.2) is 0 Å². The number of methoxy groups -OCH3 is 1. The van der Waals surface area contributed by atoms with Crippen LogP contribution in [0, 0.1) is 0 Å². The van der Waals surface area contributed by atoms with Crippen molar-refractivity contribution >= 4 is 11.6 Å². The molecule has 1 aromatic rings. The average Bonchev–Trinajstić information content (AvgIpc) is 3.17. The molecule has 5 nitrogen and oxygen atoms in total. The van der Waals surface area contributed by atoms with Gasteiger partial charge >= 0.3 is 0 Å². The second-order valence-electron chi connectivity index (χ2n) is 7.77. The number of anilines is 1. The SMILES string of the molecule is COc1ccc(C(=O)N2CCCC2)cc1N[C@@H]1C[C@@H](C)N(C2CC2)C1. The molecule has 3 fully saturated rings. The number of hydrogen-bond donors (Lipinski definition) is 1. The summed E-state index contributed by atoms with van der Waals surface area (Å²) in [5, 5.41) is 3.65. The summed E-state index contributed by atoms with van der Waals surface area (Å²) in [5.41, 5.74) is 1.71. The van der Waals surface area contributed by atoms with Crippen molar-refractivity contribution < 1.29 is 9.53 Å². The minimum atomic E-state index is 0.141. The molecule has 25 heavy (non-hydrogen) atoms. The molecule has 1 saturated carbocycles. The highest BCUT2D eigenvalue weighted by atomic mass is 16.5. The summed E-state index contributed by atoms with van der Waals surface area (Å²) in [7, 11) is 1.69. The lowest BCUT2D eigenvalue weighted by molar-refractivity contribution is 0.0793. The summed E-state index contributed by atoms with van der Waals surface area (Å²) < 4.78 is 5.53. The molecule has 4 rings (SSSR count). The van der Waals surface area contributed by atoms with E-state index in [9.17, 15) is 4.79 Å². The van der Waals surface area contributed by atoms with Crippen molar-refractivity contribution in [3.8, 4) is 5.75 Å². The minimum absolute atomic E-state index is 0.141. The van der Waals surface area contributed by atoms with E-state index in [0.717, 1.165) is 61.9 Å². The molecule has 1 N–H and O–H groups in total. The molecule has 2 saturated heterocycles. The summed E-state index contributed by atoms with van der Waals surface area (Å²) in [6.07, 6.45) is 6.07. The molecule has 0 radical (unpaired) electrons. The van der Waals surface area contributed by atoms with Crippen molar-refractivity contribution in [2.75, 3.05) is 32.1 Å². The summed E-state index contributed by atoms with van der Waals surface area (Å²) >= 11 is 0. The number of carbonyl (C=O) groups is 1. The van der Waals surface area contributed by atoms with Crippen LogP contribution >= 0.6 is 0 Å². The van der Waals surface area contributed by atoms with Crippen LogP contribution in [0.1, 0.15) is 49.4 Å². The van der Waals surface area contributed by atoms with Crippen molar-refractivity contribution in [1.82, 2.24) is 9.80 Å². The second kappa shape index (κ2) is 6.87. The van der Waals surface area contributed by atoms with Crippen LogP contribution < -0.4 is 10.1 Å². The number of hydrogen-bond acceptors (Lipinski definition) is 4. The van der Waals surface area contributed by atoms with Gasteiger partial charge in [-0.15, -0.1) is 0 Å². The quantitative estimate of drug-likeness (QED) is 0.893. The van der Waals surface area contributed by atoms with Crippen LogP contribution in [0.3, 0.4) is 0 Å². The molecule has 0 unspecified atom stereocenters. The molecule has 1 amide bonds. The molecule has 2 aliphatic heterocycles. The number of nitrogens with one attached hydrogen (secondary N) is 1. The fourth-order valence-corrected chi connectivity index (χ4v) is 4.35. The van der Waals surface area contributed by atoms with Crippen LogP contribution in [0.5, 0.6) is 5.75 Å². The van der Waals surface area contributed by atoms with Gasteiger partial charge in [0.2, 0.25) is 0 Å². The largest absolute Gasteiger partial charge is 0.495 e. The fourth-order valence-electron chi connectivity index (χ4n) is 4.35. The van der Waals surface area contributed by atoms with Crippen molar-refractivity contribution in [3.63, 3.8) is 0 Å². The zero-order valence-electron chi connectivity index (χ0n) is 15.3. The predicted molar refractivity (Wildman–Crippen MR) is 99.3 cm³/mol. The van der Waals surface area contributed by atoms with Gasteiger partial charge in [0.25, 0.3) is 5.91 Å². The number of nitrogens with zero attached hydrogens (tertiary/aromatic N) is 2. The van der Waals surface area contributed by atoms with Crippen LogP contribution in [0.4, 0.5) is 5.69 Å². The molecular weight excluding hydrogens is 314 g/mol. The molecule has 2 atom stereocenters. The number of ether oxygens (including phenoxy) is 1. The number of likely N-dealkylation sites (tertiary alicyclic amines) is 2. The van der Waals surface area contributed by atoms with E-state index >= 15 is 0 Å². The summed E-state index contributed by atoms with van der Waals surface area (Å²) in [6.45, 7) is 5.16. The van der Waals surface area contributed by atoms with Crippen LogP contribution in [0.25, 0.3) is 0 Å². The summed E-state index contributed by atoms with van der Waals surface area (Å²) in [6, 6.07) is 7.63. The number of carbonyl (C=O) groups excluding carboxylic acids is 1. The van der Waals surface area contributed by atoms with Crippen molar-refractivity contribution in [2.45, 2.75) is 57.2 Å². The highest BCUT2D eigenvalue weighted by molar-refractivity contribution is 5.95. The second-order valence-corrected chi connectivity index (χ2v) is 7.77. The third-order valence-electron chi connectivity index (χ3n) is 5.84. The van der Waals surface area contributed by atoms with Gasteiger partial charge < -0.3 is 15.0 Å². The van der Waals surface area contributed by atoms with Gasteiger partial charge in [0, 0.05) is 43.3 Å². The fraction of sp³-hybridized carbons (Fsp3) is 0.650. The van der Waals surface area contributed by atoms with E-state index < -0.39 is 0 Å². The zero-order chi connectivity index (χ0) is 17.4. The number of rotatable bonds is 5. The molecule has 1 aliphatic carbocycles. The molecular formula is C20H29N3O2. The van der Waals surface area contributed by atoms with E-state index in [0.29, 0.717) is 12.1 Å². The van der Waals surface area contributed by atoms with Crippen molar-refractivity contribution in [3.05, 3.63) is 23.8 Å². The Morgan fingerprint density at radius 2 is 2.00 bits per heavy atom. The maximum atomic E-state index is 12.7. The lowest BCUT2D eigenvalue weighted by Crippen LogP contribution is -2.31. The number of benzene rings is 1. The van der Waals surface area contributed by atoms with Gasteiger partial charge in [-0.05, 0) is 57.2 Å². The highest BCUT2D eigenvalue weighted by Crippen LogP contribution is 2.35. The van der Waals surface area contributed by atoms with Gasteiger partial charge in [0.05, 0.1) is 12.8 Å². The lowest BCUT2D eigenvalue weighted by Gasteiger charge is -2.21. The predicted octanol–water partition coefficient (Wildman–Crippen LogP) is 2.97. The molecule has 0 spiro atoms. The average molecular weight is 343 g/mol. The minimum Gasteiger partial charge on any atom is -0.495 e. The van der Waals surface area contributed by atoms with Crippen LogP contribution in [-0.2, 0) is 0 Å². The van der Waals surface area contributed by atoms with Gasteiger partial charge in [-0.3, -0.25) is 9.69 Å². The van der Waals surface area contributed by atoms with Gasteiger partial charge in [0.15, 0.2) is 0 Å². The van der Waals surface area contributed by atoms with E-state index in [2.05, 4.69) is 17.1 Å². The Balaban J connectivity index is 1.49. The van der Waals surface area contributed by atoms with E-state index in [1.807, 2.05) is 23.1 Å². The molecule has 2 heterocycles. The lowest BCUT2D eigenvalue weighted by atomic mass is 10.1. The Morgan fingerprint density at radius 1 is 1.24 bits per heavy atom. The van der Waals surface area contributed by atoms with E-state index in [4.69, 9.17) is 4.74 Å². The molecule has 0 bridgehead atoms. The molecule has 0 aromatic heterocycles. The maximum Gasteiger partial charge on any atom is 0.253 e. The van der Waals surface area contributed by atoms with E-state index in [1.165, 1.54) is 12.8 Å². The molecule has 1 aromatic carbocycles. The van der Waals surface area contributed by atoms with Crippen molar-refractivity contribution in [1.29, 1.82) is 0 Å². The van der Waals surface area contributed by atoms with E-state index in [1.54, 1.807) is 7.11 Å². The van der Waals surface area contributed by atoms with Crippen LogP contribution in [0.15, 0.2) is 18.2 Å². The van der Waals surface area contributed by atoms with Gasteiger partial charge in [-0.2, -0.15) is 0 Å². The molecule has 136 valence electrons. The Labute approximate surface area is 150 Å². The third-order valence-corrected chi connectivity index (χ3v) is 5.84. The van der Waals surface area contributed by atoms with Crippen LogP contribution in [0.2, 0.25) is 0 Å². The smallest absolute Gasteiger partial charge is 0.253 e. The Hall–Kier alpha value is -1.75. The van der Waals surface area contributed by atoms with Gasteiger partial charge in [0.1, 0.15) is 5.75 Å². The number of amides is 1. The summed E-state index contributed by atoms with van der Waals surface area (Å²) in [4.78, 5) is 17.3. The first-order chi connectivity index (χ1) is 12.2. The molecule has 3 aliphatic rings. The molecule has 5 heteroatoms. The van der Waals surface area contributed by atoms with E-state index in [-0.39, 0.29) is 5.91 Å². The monoisotopic (exact) mass is 343 g/mol. The zero-order valence-corrected chi connectivity index (χ0v) is 15.3. The van der Waals surface area contributed by atoms with Crippen molar-refractivity contribution in [2.24, 2.45) is 0 Å².